The van der Waals surface area contributed by atoms with Crippen LogP contribution in [0.4, 0.5) is 0 Å². The molecule has 0 aliphatic heterocycles. The Kier molecular flexibility index (Phi) is 2.04. The average molecular weight is 272 g/mol. The van der Waals surface area contributed by atoms with E-state index in [2.05, 4.69) is 25.1 Å². The molecule has 0 unspecified atom stereocenters. The first-order chi connectivity index (χ1) is 5.79. The summed E-state index contributed by atoms with van der Waals surface area (Å²) >= 11 is -0.344. The average Bonchev–Trinajstić information content (AvgIpc) is 2.46. The van der Waals surface area contributed by atoms with Crippen LogP contribution in [-0.4, -0.2) is 26.7 Å². The third-order valence-corrected chi connectivity index (χ3v) is 4.73. The van der Waals surface area contributed by atoms with Crippen molar-refractivity contribution in [1.82, 2.24) is 0 Å². The van der Waals surface area contributed by atoms with Crippen LogP contribution in [0.25, 0.3) is 8.79 Å². The van der Waals surface area contributed by atoms with E-state index in [1.54, 1.807) is 0 Å². The zero-order valence-corrected chi connectivity index (χ0v) is 9.03. The Morgan fingerprint density at radius 1 is 1.33 bits per heavy atom. The van der Waals surface area contributed by atoms with E-state index in [4.69, 9.17) is 0 Å². The van der Waals surface area contributed by atoms with Crippen LogP contribution < -0.4 is 0 Å². The van der Waals surface area contributed by atoms with E-state index in [-0.39, 0.29) is 20.4 Å². The molecule has 0 radical (unpaired) electrons. The summed E-state index contributed by atoms with van der Waals surface area (Å²) in [5, 5.41) is 1.25. The summed E-state index contributed by atoms with van der Waals surface area (Å²) in [7, 11) is 0. The Morgan fingerprint density at radius 2 is 2.17 bits per heavy atom. The number of fused-ring (bicyclic) bond motifs is 1. The Labute approximate surface area is 80.6 Å². The van der Waals surface area contributed by atoms with E-state index in [1.165, 1.54) is 14.4 Å². The molecular formula is C10H8OTe. The number of aldehydes is 1. The summed E-state index contributed by atoms with van der Waals surface area (Å²) in [6.07, 6.45) is 0.998. The maximum absolute atomic E-state index is 10.5. The second-order valence-corrected chi connectivity index (χ2v) is 5.99. The molecule has 1 aromatic carbocycles. The van der Waals surface area contributed by atoms with Crippen LogP contribution in [0.2, 0.25) is 0 Å². The quantitative estimate of drug-likeness (QED) is 0.573. The monoisotopic (exact) mass is 274 g/mol. The summed E-state index contributed by atoms with van der Waals surface area (Å²) in [6, 6.07) is 8.41. The minimum absolute atomic E-state index is 0.344. The molecule has 60 valence electrons. The third-order valence-electron chi connectivity index (χ3n) is 1.81. The summed E-state index contributed by atoms with van der Waals surface area (Å²) < 4.78 is 2.42. The Morgan fingerprint density at radius 3 is 2.92 bits per heavy atom. The normalized spacial score (nSPS) is 10.4. The number of hydrogen-bond donors (Lipinski definition) is 0. The molecule has 0 aliphatic rings. The van der Waals surface area contributed by atoms with E-state index in [0.717, 1.165) is 9.87 Å². The standard InChI is InChI=1S/C10H8OTe/c1-7-2-3-8-5-9(6-11)12-10(8)4-7/h2-6H,1H3. The van der Waals surface area contributed by atoms with E-state index in [9.17, 15) is 4.79 Å². The topological polar surface area (TPSA) is 17.1 Å². The summed E-state index contributed by atoms with van der Waals surface area (Å²) in [5.41, 5.74) is 1.29. The SMILES string of the molecule is Cc1ccc2cc(C=O)[te]c2c1. The Bertz CT molecular complexity index is 428. The summed E-state index contributed by atoms with van der Waals surface area (Å²) in [6.45, 7) is 2.09. The molecular weight excluding hydrogens is 264 g/mol. The van der Waals surface area contributed by atoms with Gasteiger partial charge in [0.05, 0.1) is 0 Å². The van der Waals surface area contributed by atoms with Crippen LogP contribution in [0.1, 0.15) is 13.9 Å². The van der Waals surface area contributed by atoms with Crippen LogP contribution in [0, 0.1) is 6.92 Å². The molecule has 0 amide bonds. The van der Waals surface area contributed by atoms with Crippen molar-refractivity contribution in [3.05, 3.63) is 33.4 Å². The first-order valence-electron chi connectivity index (χ1n) is 3.75. The van der Waals surface area contributed by atoms with Gasteiger partial charge in [-0.3, -0.25) is 0 Å². The fraction of sp³-hybridized carbons (Fsp3) is 0.100. The van der Waals surface area contributed by atoms with Gasteiger partial charge in [0.2, 0.25) is 0 Å². The molecule has 1 heterocycles. The first kappa shape index (κ1) is 8.04. The fourth-order valence-electron chi connectivity index (χ4n) is 1.22. The zero-order chi connectivity index (χ0) is 8.55. The van der Waals surface area contributed by atoms with Crippen molar-refractivity contribution in [1.29, 1.82) is 0 Å². The number of aryl methyl sites for hydroxylation is 1. The van der Waals surface area contributed by atoms with Crippen LogP contribution in [0.5, 0.6) is 0 Å². The van der Waals surface area contributed by atoms with E-state index in [1.807, 2.05) is 6.07 Å². The van der Waals surface area contributed by atoms with Gasteiger partial charge in [-0.05, 0) is 0 Å². The molecule has 2 heteroatoms. The molecule has 12 heavy (non-hydrogen) atoms. The summed E-state index contributed by atoms with van der Waals surface area (Å²) in [4.78, 5) is 10.5. The van der Waals surface area contributed by atoms with E-state index in [0.29, 0.717) is 0 Å². The van der Waals surface area contributed by atoms with Gasteiger partial charge in [-0.2, -0.15) is 0 Å². The second-order valence-electron chi connectivity index (χ2n) is 2.81. The van der Waals surface area contributed by atoms with E-state index < -0.39 is 0 Å². The number of carbonyl (C=O) groups is 1. The number of carbonyl (C=O) groups excluding carboxylic acids is 1. The predicted molar refractivity (Wildman–Crippen MR) is 51.0 cm³/mol. The van der Waals surface area contributed by atoms with Crippen LogP contribution in [0.15, 0.2) is 24.3 Å². The molecule has 0 atom stereocenters. The van der Waals surface area contributed by atoms with Gasteiger partial charge in [0.1, 0.15) is 0 Å². The van der Waals surface area contributed by atoms with Crippen molar-refractivity contribution in [2.45, 2.75) is 6.92 Å². The van der Waals surface area contributed by atoms with E-state index >= 15 is 0 Å². The van der Waals surface area contributed by atoms with Crippen molar-refractivity contribution in [2.24, 2.45) is 0 Å². The Hall–Kier alpha value is -0.580. The number of hydrogen-bond acceptors (Lipinski definition) is 1. The molecule has 0 saturated carbocycles. The predicted octanol–water partition coefficient (Wildman–Crippen LogP) is 2.02. The summed E-state index contributed by atoms with van der Waals surface area (Å²) in [5.74, 6) is 0. The van der Waals surface area contributed by atoms with Crippen LogP contribution in [-0.2, 0) is 0 Å². The molecule has 0 bridgehead atoms. The first-order valence-corrected chi connectivity index (χ1v) is 6.08. The maximum atomic E-state index is 10.5. The van der Waals surface area contributed by atoms with Crippen molar-refractivity contribution in [3.63, 3.8) is 0 Å². The molecule has 0 fully saturated rings. The number of benzene rings is 1. The van der Waals surface area contributed by atoms with Gasteiger partial charge in [0, 0.05) is 0 Å². The van der Waals surface area contributed by atoms with Gasteiger partial charge in [-0.15, -0.1) is 0 Å². The van der Waals surface area contributed by atoms with Crippen molar-refractivity contribution in [2.75, 3.05) is 0 Å². The third kappa shape index (κ3) is 1.33. The van der Waals surface area contributed by atoms with Gasteiger partial charge in [0.15, 0.2) is 0 Å². The van der Waals surface area contributed by atoms with Crippen LogP contribution >= 0.6 is 0 Å². The molecule has 2 aromatic rings. The molecule has 1 aromatic heterocycles. The molecule has 0 spiro atoms. The molecule has 0 saturated heterocycles. The van der Waals surface area contributed by atoms with Crippen molar-refractivity contribution < 1.29 is 4.79 Å². The Balaban J connectivity index is 2.75. The zero-order valence-electron chi connectivity index (χ0n) is 6.70. The van der Waals surface area contributed by atoms with Crippen molar-refractivity contribution in [3.8, 4) is 0 Å². The van der Waals surface area contributed by atoms with Crippen molar-refractivity contribution >= 4 is 35.5 Å². The molecule has 0 N–H and O–H groups in total. The second kappa shape index (κ2) is 3.05. The van der Waals surface area contributed by atoms with Crippen LogP contribution in [0.3, 0.4) is 0 Å². The van der Waals surface area contributed by atoms with Gasteiger partial charge in [0.25, 0.3) is 0 Å². The fourth-order valence-corrected chi connectivity index (χ4v) is 4.01. The minimum atomic E-state index is -0.344. The van der Waals surface area contributed by atoms with Gasteiger partial charge >= 0.3 is 80.6 Å². The molecule has 0 aliphatic carbocycles. The molecule has 2 rings (SSSR count). The van der Waals surface area contributed by atoms with Gasteiger partial charge in [-0.1, -0.05) is 0 Å². The van der Waals surface area contributed by atoms with Gasteiger partial charge in [-0.25, -0.2) is 0 Å². The number of rotatable bonds is 1. The molecule has 1 nitrogen and oxygen atoms in total. The van der Waals surface area contributed by atoms with Gasteiger partial charge < -0.3 is 0 Å².